The molecule has 110 valence electrons. The van der Waals surface area contributed by atoms with Crippen molar-refractivity contribution in [3.8, 4) is 0 Å². The molecule has 0 radical (unpaired) electrons. The fourth-order valence-corrected chi connectivity index (χ4v) is 2.53. The Morgan fingerprint density at radius 1 is 1.25 bits per heavy atom. The van der Waals surface area contributed by atoms with Gasteiger partial charge in [-0.05, 0) is 36.5 Å². The maximum Gasteiger partial charge on any atom is 0.303 e. The summed E-state index contributed by atoms with van der Waals surface area (Å²) >= 11 is 6.13. The average Bonchev–Trinajstić information content (AvgIpc) is 2.20. The summed E-state index contributed by atoms with van der Waals surface area (Å²) in [5, 5.41) is 12.1. The summed E-state index contributed by atoms with van der Waals surface area (Å²) in [7, 11) is 0. The number of hydrogen-bond acceptors (Lipinski definition) is 2. The number of aryl methyl sites for hydroxylation is 2. The van der Waals surface area contributed by atoms with E-state index in [1.807, 2.05) is 19.9 Å². The highest BCUT2D eigenvalue weighted by Gasteiger charge is 2.25. The van der Waals surface area contributed by atoms with Crippen LogP contribution in [0.3, 0.4) is 0 Å². The molecule has 0 atom stereocenters. The molecule has 0 fully saturated rings. The van der Waals surface area contributed by atoms with Crippen LogP contribution in [-0.2, 0) is 9.59 Å². The van der Waals surface area contributed by atoms with Crippen LogP contribution in [0.5, 0.6) is 0 Å². The molecule has 0 saturated carbocycles. The predicted octanol–water partition coefficient (Wildman–Crippen LogP) is 3.79. The standard InChI is InChI=1S/C15H20ClNO3/c1-9-5-10(2)14(11(16)6-9)17-12(18)7-15(3,4)8-13(19)20/h5-6H,7-8H2,1-4H3,(H,17,18)(H,19,20). The molecule has 0 spiro atoms. The van der Waals surface area contributed by atoms with Crippen LogP contribution >= 0.6 is 11.6 Å². The van der Waals surface area contributed by atoms with Gasteiger partial charge in [-0.1, -0.05) is 31.5 Å². The van der Waals surface area contributed by atoms with Gasteiger partial charge in [-0.2, -0.15) is 0 Å². The van der Waals surface area contributed by atoms with E-state index in [4.69, 9.17) is 16.7 Å². The van der Waals surface area contributed by atoms with E-state index in [1.165, 1.54) is 0 Å². The highest BCUT2D eigenvalue weighted by atomic mass is 35.5. The Kier molecular flexibility index (Phi) is 5.17. The molecule has 1 aromatic rings. The molecule has 0 unspecified atom stereocenters. The lowest BCUT2D eigenvalue weighted by Gasteiger charge is -2.22. The minimum absolute atomic E-state index is 0.0545. The quantitative estimate of drug-likeness (QED) is 0.869. The van der Waals surface area contributed by atoms with Gasteiger partial charge in [-0.25, -0.2) is 0 Å². The maximum atomic E-state index is 12.0. The second-order valence-electron chi connectivity index (χ2n) is 5.90. The molecule has 0 aromatic heterocycles. The van der Waals surface area contributed by atoms with E-state index in [2.05, 4.69) is 5.32 Å². The van der Waals surface area contributed by atoms with Gasteiger partial charge in [0.2, 0.25) is 5.91 Å². The number of amides is 1. The molecule has 1 amide bonds. The number of halogens is 1. The zero-order valence-electron chi connectivity index (χ0n) is 12.2. The van der Waals surface area contributed by atoms with Crippen LogP contribution in [-0.4, -0.2) is 17.0 Å². The second-order valence-corrected chi connectivity index (χ2v) is 6.31. The van der Waals surface area contributed by atoms with Crippen molar-refractivity contribution in [3.05, 3.63) is 28.3 Å². The average molecular weight is 298 g/mol. The predicted molar refractivity (Wildman–Crippen MR) is 80.2 cm³/mol. The molecule has 5 heteroatoms. The Balaban J connectivity index is 2.79. The molecule has 0 heterocycles. The first-order valence-corrected chi connectivity index (χ1v) is 6.77. The third kappa shape index (κ3) is 4.85. The number of carbonyl (C=O) groups is 2. The Labute approximate surface area is 124 Å². The molecular weight excluding hydrogens is 278 g/mol. The van der Waals surface area contributed by atoms with Gasteiger partial charge in [-0.15, -0.1) is 0 Å². The molecule has 2 N–H and O–H groups in total. The van der Waals surface area contributed by atoms with Gasteiger partial charge < -0.3 is 10.4 Å². The van der Waals surface area contributed by atoms with Gasteiger partial charge >= 0.3 is 5.97 Å². The number of carbonyl (C=O) groups excluding carboxylic acids is 1. The number of nitrogens with one attached hydrogen (secondary N) is 1. The smallest absolute Gasteiger partial charge is 0.303 e. The SMILES string of the molecule is Cc1cc(C)c(NC(=O)CC(C)(C)CC(=O)O)c(Cl)c1. The summed E-state index contributed by atoms with van der Waals surface area (Å²) in [5.74, 6) is -1.14. The molecule has 20 heavy (non-hydrogen) atoms. The van der Waals surface area contributed by atoms with Crippen LogP contribution < -0.4 is 5.32 Å². The van der Waals surface area contributed by atoms with Crippen LogP contribution in [0.15, 0.2) is 12.1 Å². The lowest BCUT2D eigenvalue weighted by atomic mass is 9.85. The summed E-state index contributed by atoms with van der Waals surface area (Å²) in [6.07, 6.45) is 0.0734. The Morgan fingerprint density at radius 2 is 1.85 bits per heavy atom. The van der Waals surface area contributed by atoms with Gasteiger partial charge in [0.25, 0.3) is 0 Å². The van der Waals surface area contributed by atoms with Gasteiger partial charge in [0, 0.05) is 6.42 Å². The minimum Gasteiger partial charge on any atom is -0.481 e. The van der Waals surface area contributed by atoms with Crippen LogP contribution in [0.1, 0.15) is 37.8 Å². The molecule has 0 aliphatic carbocycles. The summed E-state index contributed by atoms with van der Waals surface area (Å²) in [5.41, 5.74) is 1.91. The molecule has 1 rings (SSSR count). The summed E-state index contributed by atoms with van der Waals surface area (Å²) in [6.45, 7) is 7.31. The summed E-state index contributed by atoms with van der Waals surface area (Å²) in [6, 6.07) is 3.72. The first-order valence-electron chi connectivity index (χ1n) is 6.39. The van der Waals surface area contributed by atoms with E-state index >= 15 is 0 Å². The summed E-state index contributed by atoms with van der Waals surface area (Å²) in [4.78, 5) is 22.8. The van der Waals surface area contributed by atoms with Crippen LogP contribution in [0.25, 0.3) is 0 Å². The number of benzene rings is 1. The fraction of sp³-hybridized carbons (Fsp3) is 0.467. The zero-order valence-corrected chi connectivity index (χ0v) is 13.0. The van der Waals surface area contributed by atoms with Gasteiger partial charge in [0.05, 0.1) is 17.1 Å². The number of aliphatic carboxylic acids is 1. The first-order chi connectivity index (χ1) is 9.10. The number of anilines is 1. The van der Waals surface area contributed by atoms with Gasteiger partial charge in [-0.3, -0.25) is 9.59 Å². The largest absolute Gasteiger partial charge is 0.481 e. The number of rotatable bonds is 5. The lowest BCUT2D eigenvalue weighted by molar-refractivity contribution is -0.139. The number of carboxylic acid groups (broad SMARTS) is 1. The zero-order chi connectivity index (χ0) is 15.5. The highest BCUT2D eigenvalue weighted by Crippen LogP contribution is 2.30. The van der Waals surface area contributed by atoms with Crippen molar-refractivity contribution in [2.75, 3.05) is 5.32 Å². The number of carboxylic acids is 1. The van der Waals surface area contributed by atoms with E-state index in [0.717, 1.165) is 11.1 Å². The minimum atomic E-state index is -0.910. The summed E-state index contributed by atoms with van der Waals surface area (Å²) < 4.78 is 0. The monoisotopic (exact) mass is 297 g/mol. The van der Waals surface area contributed by atoms with Crippen molar-refractivity contribution in [1.82, 2.24) is 0 Å². The molecule has 0 saturated heterocycles. The topological polar surface area (TPSA) is 66.4 Å². The van der Waals surface area contributed by atoms with Crippen molar-refractivity contribution in [1.29, 1.82) is 0 Å². The van der Waals surface area contributed by atoms with Crippen molar-refractivity contribution >= 4 is 29.2 Å². The maximum absolute atomic E-state index is 12.0. The third-order valence-corrected chi connectivity index (χ3v) is 3.26. The molecule has 0 bridgehead atoms. The van der Waals surface area contributed by atoms with E-state index in [1.54, 1.807) is 19.9 Å². The van der Waals surface area contributed by atoms with E-state index < -0.39 is 11.4 Å². The van der Waals surface area contributed by atoms with Crippen molar-refractivity contribution in [2.24, 2.45) is 5.41 Å². The van der Waals surface area contributed by atoms with Gasteiger partial charge in [0.15, 0.2) is 0 Å². The van der Waals surface area contributed by atoms with Crippen molar-refractivity contribution in [2.45, 2.75) is 40.5 Å². The van der Waals surface area contributed by atoms with Crippen LogP contribution in [0.4, 0.5) is 5.69 Å². The third-order valence-electron chi connectivity index (χ3n) is 2.97. The highest BCUT2D eigenvalue weighted by molar-refractivity contribution is 6.34. The molecular formula is C15H20ClNO3. The van der Waals surface area contributed by atoms with Crippen LogP contribution in [0, 0.1) is 19.3 Å². The van der Waals surface area contributed by atoms with Crippen molar-refractivity contribution < 1.29 is 14.7 Å². The van der Waals surface area contributed by atoms with Gasteiger partial charge in [0.1, 0.15) is 0 Å². The van der Waals surface area contributed by atoms with E-state index in [-0.39, 0.29) is 18.7 Å². The Bertz CT molecular complexity index is 515. The normalized spacial score (nSPS) is 11.2. The Hall–Kier alpha value is -1.55. The lowest BCUT2D eigenvalue weighted by Crippen LogP contribution is -2.25. The second kappa shape index (κ2) is 6.27. The Morgan fingerprint density at radius 3 is 2.35 bits per heavy atom. The molecule has 0 aliphatic rings. The molecule has 0 aliphatic heterocycles. The van der Waals surface area contributed by atoms with E-state index in [0.29, 0.717) is 10.7 Å². The van der Waals surface area contributed by atoms with Crippen molar-refractivity contribution in [3.63, 3.8) is 0 Å². The van der Waals surface area contributed by atoms with E-state index in [9.17, 15) is 9.59 Å². The molecule has 4 nitrogen and oxygen atoms in total. The van der Waals surface area contributed by atoms with Crippen LogP contribution in [0.2, 0.25) is 5.02 Å². The number of hydrogen-bond donors (Lipinski definition) is 2. The molecule has 1 aromatic carbocycles. The fourth-order valence-electron chi connectivity index (χ4n) is 2.16. The first kappa shape index (κ1) is 16.5.